The van der Waals surface area contributed by atoms with Gasteiger partial charge in [0, 0.05) is 36.0 Å². The Bertz CT molecular complexity index is 524. The third-order valence-corrected chi connectivity index (χ3v) is 5.32. The zero-order chi connectivity index (χ0) is 16.1. The van der Waals surface area contributed by atoms with Gasteiger partial charge in [-0.3, -0.25) is 4.79 Å². The van der Waals surface area contributed by atoms with Crippen molar-refractivity contribution < 1.29 is 9.53 Å². The molecule has 1 atom stereocenters. The highest BCUT2D eigenvalue weighted by Crippen LogP contribution is 2.40. The van der Waals surface area contributed by atoms with Gasteiger partial charge in [0.05, 0.1) is 13.2 Å². The number of ether oxygens (including phenoxy) is 1. The van der Waals surface area contributed by atoms with Crippen molar-refractivity contribution in [3.05, 3.63) is 34.9 Å². The van der Waals surface area contributed by atoms with E-state index < -0.39 is 0 Å². The van der Waals surface area contributed by atoms with Gasteiger partial charge >= 0.3 is 0 Å². The molecule has 1 aliphatic heterocycles. The second kappa shape index (κ2) is 9.04. The van der Waals surface area contributed by atoms with Crippen LogP contribution >= 0.6 is 24.0 Å². The van der Waals surface area contributed by atoms with Gasteiger partial charge in [-0.15, -0.1) is 12.4 Å². The number of benzene rings is 1. The SMILES string of the molecule is Cl.O=C(CC1COCCN1)NCC1(c2ccc(Cl)cc2)CCCC1. The van der Waals surface area contributed by atoms with Crippen LogP contribution in [0.2, 0.25) is 5.02 Å². The predicted molar refractivity (Wildman–Crippen MR) is 99.1 cm³/mol. The van der Waals surface area contributed by atoms with E-state index in [2.05, 4.69) is 22.8 Å². The molecular formula is C18H26Cl2N2O2. The second-order valence-corrected chi connectivity index (χ2v) is 7.14. The van der Waals surface area contributed by atoms with Crippen molar-refractivity contribution in [3.8, 4) is 0 Å². The summed E-state index contributed by atoms with van der Waals surface area (Å²) in [5, 5.41) is 7.24. The van der Waals surface area contributed by atoms with Gasteiger partial charge in [0.25, 0.3) is 0 Å². The lowest BCUT2D eigenvalue weighted by molar-refractivity contribution is -0.122. The largest absolute Gasteiger partial charge is 0.378 e. The molecule has 2 aliphatic rings. The molecule has 0 spiro atoms. The Kier molecular flexibility index (Phi) is 7.35. The molecule has 134 valence electrons. The number of morpholine rings is 1. The van der Waals surface area contributed by atoms with Gasteiger partial charge in [-0.05, 0) is 30.5 Å². The van der Waals surface area contributed by atoms with Crippen LogP contribution in [0.5, 0.6) is 0 Å². The molecule has 1 saturated heterocycles. The van der Waals surface area contributed by atoms with Crippen LogP contribution in [0, 0.1) is 0 Å². The fraction of sp³-hybridized carbons (Fsp3) is 0.611. The Labute approximate surface area is 155 Å². The van der Waals surface area contributed by atoms with E-state index in [0.29, 0.717) is 19.6 Å². The summed E-state index contributed by atoms with van der Waals surface area (Å²) in [5.74, 6) is 0.105. The Balaban J connectivity index is 0.00000208. The van der Waals surface area contributed by atoms with E-state index in [-0.39, 0.29) is 29.8 Å². The van der Waals surface area contributed by atoms with E-state index in [4.69, 9.17) is 16.3 Å². The Morgan fingerprint density at radius 1 is 1.29 bits per heavy atom. The molecule has 2 fully saturated rings. The average Bonchev–Trinajstić information content (AvgIpc) is 3.05. The zero-order valence-corrected chi connectivity index (χ0v) is 15.4. The summed E-state index contributed by atoms with van der Waals surface area (Å²) in [5.41, 5.74) is 1.36. The molecule has 1 amide bonds. The Morgan fingerprint density at radius 3 is 2.62 bits per heavy atom. The third kappa shape index (κ3) is 4.85. The molecule has 24 heavy (non-hydrogen) atoms. The van der Waals surface area contributed by atoms with Crippen molar-refractivity contribution in [1.82, 2.24) is 10.6 Å². The van der Waals surface area contributed by atoms with E-state index in [9.17, 15) is 4.79 Å². The van der Waals surface area contributed by atoms with Crippen LogP contribution in [0.15, 0.2) is 24.3 Å². The third-order valence-electron chi connectivity index (χ3n) is 5.07. The standard InChI is InChI=1S/C18H25ClN2O2.ClH/c19-15-5-3-14(4-6-15)18(7-1-2-8-18)13-21-17(22)11-16-12-23-10-9-20-16;/h3-6,16,20H,1-2,7-13H2,(H,21,22);1H. The van der Waals surface area contributed by atoms with Crippen LogP contribution < -0.4 is 10.6 Å². The lowest BCUT2D eigenvalue weighted by Crippen LogP contribution is -2.46. The molecule has 0 radical (unpaired) electrons. The first-order valence-electron chi connectivity index (χ1n) is 8.52. The number of amides is 1. The maximum absolute atomic E-state index is 12.3. The molecule has 4 nitrogen and oxygen atoms in total. The van der Waals surface area contributed by atoms with Gasteiger partial charge in [0.15, 0.2) is 0 Å². The van der Waals surface area contributed by atoms with Crippen LogP contribution in [0.4, 0.5) is 0 Å². The molecule has 1 aliphatic carbocycles. The fourth-order valence-corrected chi connectivity index (χ4v) is 3.86. The van der Waals surface area contributed by atoms with E-state index in [1.54, 1.807) is 0 Å². The summed E-state index contributed by atoms with van der Waals surface area (Å²) in [6, 6.07) is 8.25. The van der Waals surface area contributed by atoms with Crippen molar-refractivity contribution in [2.45, 2.75) is 43.6 Å². The van der Waals surface area contributed by atoms with Crippen LogP contribution in [0.1, 0.15) is 37.7 Å². The maximum atomic E-state index is 12.3. The number of halogens is 2. The minimum atomic E-state index is 0. The van der Waals surface area contributed by atoms with Gasteiger partial charge in [-0.2, -0.15) is 0 Å². The van der Waals surface area contributed by atoms with E-state index in [1.807, 2.05) is 12.1 Å². The van der Waals surface area contributed by atoms with Crippen molar-refractivity contribution in [2.24, 2.45) is 0 Å². The van der Waals surface area contributed by atoms with Crippen LogP contribution in [0.3, 0.4) is 0 Å². The molecule has 0 aromatic heterocycles. The first-order chi connectivity index (χ1) is 11.2. The van der Waals surface area contributed by atoms with Gasteiger partial charge in [-0.1, -0.05) is 36.6 Å². The smallest absolute Gasteiger partial charge is 0.221 e. The molecule has 2 N–H and O–H groups in total. The van der Waals surface area contributed by atoms with Gasteiger partial charge in [-0.25, -0.2) is 0 Å². The summed E-state index contributed by atoms with van der Waals surface area (Å²) in [4.78, 5) is 12.3. The molecule has 0 bridgehead atoms. The van der Waals surface area contributed by atoms with Gasteiger partial charge in [0.2, 0.25) is 5.91 Å². The molecule has 1 heterocycles. The Hall–Kier alpha value is -0.810. The van der Waals surface area contributed by atoms with Crippen LogP contribution in [-0.2, 0) is 14.9 Å². The monoisotopic (exact) mass is 372 g/mol. The molecule has 1 saturated carbocycles. The minimum absolute atomic E-state index is 0. The molecule has 1 aromatic carbocycles. The number of hydrogen-bond donors (Lipinski definition) is 2. The summed E-state index contributed by atoms with van der Waals surface area (Å²) in [6.45, 7) is 2.89. The number of hydrogen-bond acceptors (Lipinski definition) is 3. The summed E-state index contributed by atoms with van der Waals surface area (Å²) < 4.78 is 5.41. The predicted octanol–water partition coefficient (Wildman–Crippen LogP) is 3.07. The maximum Gasteiger partial charge on any atom is 0.221 e. The van der Waals surface area contributed by atoms with Gasteiger partial charge in [0.1, 0.15) is 0 Å². The lowest BCUT2D eigenvalue weighted by Gasteiger charge is -2.31. The highest BCUT2D eigenvalue weighted by molar-refractivity contribution is 6.30. The molecule has 6 heteroatoms. The highest BCUT2D eigenvalue weighted by atomic mass is 35.5. The second-order valence-electron chi connectivity index (χ2n) is 6.70. The van der Waals surface area contributed by atoms with Crippen molar-refractivity contribution in [1.29, 1.82) is 0 Å². The molecule has 1 unspecified atom stereocenters. The minimum Gasteiger partial charge on any atom is -0.378 e. The van der Waals surface area contributed by atoms with Crippen LogP contribution in [0.25, 0.3) is 0 Å². The quantitative estimate of drug-likeness (QED) is 0.834. The number of carbonyl (C=O) groups is 1. The summed E-state index contributed by atoms with van der Waals surface area (Å²) in [7, 11) is 0. The lowest BCUT2D eigenvalue weighted by atomic mass is 9.79. The molecular weight excluding hydrogens is 347 g/mol. The van der Waals surface area contributed by atoms with E-state index in [1.165, 1.54) is 18.4 Å². The van der Waals surface area contributed by atoms with E-state index >= 15 is 0 Å². The first kappa shape index (κ1) is 19.5. The van der Waals surface area contributed by atoms with Crippen molar-refractivity contribution in [2.75, 3.05) is 26.3 Å². The first-order valence-corrected chi connectivity index (χ1v) is 8.90. The topological polar surface area (TPSA) is 50.4 Å². The fourth-order valence-electron chi connectivity index (χ4n) is 3.74. The zero-order valence-electron chi connectivity index (χ0n) is 13.9. The van der Waals surface area contributed by atoms with Crippen LogP contribution in [-0.4, -0.2) is 38.3 Å². The Morgan fingerprint density at radius 2 is 2.00 bits per heavy atom. The van der Waals surface area contributed by atoms with Crippen molar-refractivity contribution in [3.63, 3.8) is 0 Å². The normalized spacial score (nSPS) is 22.6. The number of carbonyl (C=O) groups excluding carboxylic acids is 1. The summed E-state index contributed by atoms with van der Waals surface area (Å²) >= 11 is 6.01. The summed E-state index contributed by atoms with van der Waals surface area (Å²) in [6.07, 6.45) is 5.17. The average molecular weight is 373 g/mol. The molecule has 3 rings (SSSR count). The number of nitrogens with one attached hydrogen (secondary N) is 2. The highest BCUT2D eigenvalue weighted by Gasteiger charge is 2.36. The van der Waals surface area contributed by atoms with E-state index in [0.717, 1.165) is 31.0 Å². The number of rotatable bonds is 5. The molecule has 1 aromatic rings. The van der Waals surface area contributed by atoms with Crippen molar-refractivity contribution >= 4 is 29.9 Å². The van der Waals surface area contributed by atoms with Gasteiger partial charge < -0.3 is 15.4 Å².